The first-order valence-corrected chi connectivity index (χ1v) is 5.66. The number of carbonyl (C=O) groups excluding carboxylic acids is 1. The van der Waals surface area contributed by atoms with Crippen molar-refractivity contribution in [1.29, 1.82) is 0 Å². The van der Waals surface area contributed by atoms with E-state index < -0.39 is 11.7 Å². The molecule has 4 heteroatoms. The van der Waals surface area contributed by atoms with Crippen molar-refractivity contribution in [3.8, 4) is 5.75 Å². The van der Waals surface area contributed by atoms with Crippen LogP contribution in [0.5, 0.6) is 5.75 Å². The minimum atomic E-state index is -0.689. The first kappa shape index (κ1) is 13.5. The highest BCUT2D eigenvalue weighted by molar-refractivity contribution is 5.96. The molecule has 1 aromatic rings. The molecule has 3 nitrogen and oxygen atoms in total. The number of phenolic OH excluding ortho intramolecular Hbond substituents is 1. The molecule has 0 radical (unpaired) electrons. The Hall–Kier alpha value is -1.58. The molecule has 0 unspecified atom stereocenters. The van der Waals surface area contributed by atoms with Gasteiger partial charge in [-0.05, 0) is 24.5 Å². The predicted octanol–water partition coefficient (Wildman–Crippen LogP) is 2.65. The monoisotopic (exact) mass is 239 g/mol. The van der Waals surface area contributed by atoms with Crippen LogP contribution >= 0.6 is 0 Å². The van der Waals surface area contributed by atoms with E-state index in [0.29, 0.717) is 12.5 Å². The molecule has 1 N–H and O–H groups in total. The molecular weight excluding hydrogens is 221 g/mol. The van der Waals surface area contributed by atoms with E-state index in [2.05, 4.69) is 13.8 Å². The Morgan fingerprint density at radius 3 is 2.65 bits per heavy atom. The van der Waals surface area contributed by atoms with E-state index in [-0.39, 0.29) is 11.3 Å². The largest absolute Gasteiger partial charge is 0.507 e. The number of phenols is 1. The Kier molecular flexibility index (Phi) is 4.49. The summed E-state index contributed by atoms with van der Waals surface area (Å²) in [6.07, 6.45) is 0.845. The minimum absolute atomic E-state index is 0.251. The molecule has 1 amide bonds. The number of rotatable bonds is 4. The van der Waals surface area contributed by atoms with E-state index in [4.69, 9.17) is 0 Å². The lowest BCUT2D eigenvalue weighted by molar-refractivity contribution is 0.0781. The van der Waals surface area contributed by atoms with Gasteiger partial charge in [-0.1, -0.05) is 19.9 Å². The standard InChI is InChI=1S/C13H18FNO2/c1-9(2)7-8-15(3)13(17)12-10(14)5-4-6-11(12)16/h4-6,9,16H,7-8H2,1-3H3. The molecule has 0 aliphatic heterocycles. The van der Waals surface area contributed by atoms with Crippen LogP contribution in [-0.2, 0) is 0 Å². The highest BCUT2D eigenvalue weighted by Crippen LogP contribution is 2.21. The molecule has 0 heterocycles. The fourth-order valence-corrected chi connectivity index (χ4v) is 1.47. The number of hydrogen-bond acceptors (Lipinski definition) is 2. The Balaban J connectivity index is 2.82. The lowest BCUT2D eigenvalue weighted by Crippen LogP contribution is -2.29. The van der Waals surface area contributed by atoms with Crippen molar-refractivity contribution < 1.29 is 14.3 Å². The van der Waals surface area contributed by atoms with Gasteiger partial charge in [-0.3, -0.25) is 4.79 Å². The number of aromatic hydroxyl groups is 1. The fourth-order valence-electron chi connectivity index (χ4n) is 1.47. The average Bonchev–Trinajstić information content (AvgIpc) is 2.25. The molecule has 0 aliphatic carbocycles. The van der Waals surface area contributed by atoms with Crippen molar-refractivity contribution in [2.24, 2.45) is 5.92 Å². The molecule has 0 spiro atoms. The topological polar surface area (TPSA) is 40.5 Å². The van der Waals surface area contributed by atoms with E-state index in [1.807, 2.05) is 0 Å². The quantitative estimate of drug-likeness (QED) is 0.877. The molecule has 0 aliphatic rings. The summed E-state index contributed by atoms with van der Waals surface area (Å²) in [5.41, 5.74) is -0.251. The Morgan fingerprint density at radius 1 is 1.47 bits per heavy atom. The SMILES string of the molecule is CC(C)CCN(C)C(=O)c1c(O)cccc1F. The average molecular weight is 239 g/mol. The Labute approximate surface area is 101 Å². The van der Waals surface area contributed by atoms with Gasteiger partial charge in [0.15, 0.2) is 0 Å². The highest BCUT2D eigenvalue weighted by Gasteiger charge is 2.19. The lowest BCUT2D eigenvalue weighted by atomic mass is 10.1. The molecule has 0 aromatic heterocycles. The molecule has 0 saturated heterocycles. The van der Waals surface area contributed by atoms with Gasteiger partial charge < -0.3 is 10.0 Å². The summed E-state index contributed by atoms with van der Waals surface area (Å²) in [6, 6.07) is 3.85. The third-order valence-electron chi connectivity index (χ3n) is 2.59. The Bertz CT molecular complexity index is 384. The third-order valence-corrected chi connectivity index (χ3v) is 2.59. The lowest BCUT2D eigenvalue weighted by Gasteiger charge is -2.19. The second-order valence-corrected chi connectivity index (χ2v) is 4.54. The smallest absolute Gasteiger partial charge is 0.260 e. The van der Waals surface area contributed by atoms with Crippen LogP contribution in [0.2, 0.25) is 0 Å². The molecule has 0 saturated carbocycles. The highest BCUT2D eigenvalue weighted by atomic mass is 19.1. The third kappa shape index (κ3) is 3.44. The number of carbonyl (C=O) groups is 1. The van der Waals surface area contributed by atoms with Crippen LogP contribution in [0.25, 0.3) is 0 Å². The second kappa shape index (κ2) is 5.66. The van der Waals surface area contributed by atoms with Gasteiger partial charge in [0.1, 0.15) is 17.1 Å². The maximum absolute atomic E-state index is 13.5. The summed E-state index contributed by atoms with van der Waals surface area (Å²) in [6.45, 7) is 4.65. The van der Waals surface area contributed by atoms with E-state index in [1.54, 1.807) is 7.05 Å². The number of nitrogens with zero attached hydrogens (tertiary/aromatic N) is 1. The van der Waals surface area contributed by atoms with Gasteiger partial charge in [-0.15, -0.1) is 0 Å². The van der Waals surface area contributed by atoms with Gasteiger partial charge in [0.2, 0.25) is 0 Å². The fraction of sp³-hybridized carbons (Fsp3) is 0.462. The summed E-state index contributed by atoms with van der Waals surface area (Å²) >= 11 is 0. The van der Waals surface area contributed by atoms with Crippen LogP contribution in [0, 0.1) is 11.7 Å². The molecule has 1 rings (SSSR count). The van der Waals surface area contributed by atoms with Gasteiger partial charge in [-0.25, -0.2) is 4.39 Å². The van der Waals surface area contributed by atoms with Crippen LogP contribution in [0.1, 0.15) is 30.6 Å². The van der Waals surface area contributed by atoms with Crippen LogP contribution in [0.4, 0.5) is 4.39 Å². The number of benzene rings is 1. The van der Waals surface area contributed by atoms with Gasteiger partial charge in [0, 0.05) is 13.6 Å². The molecule has 1 aromatic carbocycles. The molecular formula is C13H18FNO2. The number of hydrogen-bond donors (Lipinski definition) is 1. The summed E-state index contributed by atoms with van der Waals surface area (Å²) in [4.78, 5) is 13.4. The summed E-state index contributed by atoms with van der Waals surface area (Å²) in [5, 5.41) is 9.50. The number of amides is 1. The van der Waals surface area contributed by atoms with Crippen LogP contribution in [0.15, 0.2) is 18.2 Å². The molecule has 94 valence electrons. The minimum Gasteiger partial charge on any atom is -0.507 e. The zero-order valence-corrected chi connectivity index (χ0v) is 10.4. The van der Waals surface area contributed by atoms with E-state index >= 15 is 0 Å². The van der Waals surface area contributed by atoms with Crippen molar-refractivity contribution >= 4 is 5.91 Å². The zero-order valence-electron chi connectivity index (χ0n) is 10.4. The molecule has 0 fully saturated rings. The van der Waals surface area contributed by atoms with Crippen molar-refractivity contribution in [3.05, 3.63) is 29.6 Å². The van der Waals surface area contributed by atoms with Crippen LogP contribution < -0.4 is 0 Å². The number of halogens is 1. The first-order valence-electron chi connectivity index (χ1n) is 5.66. The van der Waals surface area contributed by atoms with Crippen LogP contribution in [0.3, 0.4) is 0 Å². The van der Waals surface area contributed by atoms with Gasteiger partial charge in [0.25, 0.3) is 5.91 Å². The van der Waals surface area contributed by atoms with E-state index in [1.165, 1.54) is 23.1 Å². The molecule has 0 atom stereocenters. The molecule has 0 bridgehead atoms. The van der Waals surface area contributed by atoms with Crippen molar-refractivity contribution in [2.75, 3.05) is 13.6 Å². The first-order chi connectivity index (χ1) is 7.93. The Morgan fingerprint density at radius 2 is 2.12 bits per heavy atom. The summed E-state index contributed by atoms with van der Waals surface area (Å²) < 4.78 is 13.5. The molecule has 17 heavy (non-hydrogen) atoms. The summed E-state index contributed by atoms with van der Waals surface area (Å²) in [5.74, 6) is -1.02. The van der Waals surface area contributed by atoms with Gasteiger partial charge >= 0.3 is 0 Å². The van der Waals surface area contributed by atoms with Crippen molar-refractivity contribution in [3.63, 3.8) is 0 Å². The van der Waals surface area contributed by atoms with Gasteiger partial charge in [0.05, 0.1) is 0 Å². The van der Waals surface area contributed by atoms with E-state index in [9.17, 15) is 14.3 Å². The van der Waals surface area contributed by atoms with Crippen molar-refractivity contribution in [2.45, 2.75) is 20.3 Å². The van der Waals surface area contributed by atoms with E-state index in [0.717, 1.165) is 6.42 Å². The predicted molar refractivity (Wildman–Crippen MR) is 64.5 cm³/mol. The maximum Gasteiger partial charge on any atom is 0.260 e. The maximum atomic E-state index is 13.5. The summed E-state index contributed by atoms with van der Waals surface area (Å²) in [7, 11) is 1.61. The van der Waals surface area contributed by atoms with Gasteiger partial charge in [-0.2, -0.15) is 0 Å². The zero-order chi connectivity index (χ0) is 13.0. The van der Waals surface area contributed by atoms with Crippen molar-refractivity contribution in [1.82, 2.24) is 4.90 Å². The van der Waals surface area contributed by atoms with Crippen LogP contribution in [-0.4, -0.2) is 29.5 Å². The normalized spacial score (nSPS) is 10.6. The second-order valence-electron chi connectivity index (χ2n) is 4.54.